The van der Waals surface area contributed by atoms with Gasteiger partial charge in [0.1, 0.15) is 0 Å². The molecule has 4 nitrogen and oxygen atoms in total. The Labute approximate surface area is 102 Å². The van der Waals surface area contributed by atoms with Crippen molar-refractivity contribution in [3.8, 4) is 0 Å². The molecule has 0 aromatic carbocycles. The number of hydrogen-bond donors (Lipinski definition) is 2. The molecule has 1 aromatic heterocycles. The summed E-state index contributed by atoms with van der Waals surface area (Å²) in [5, 5.41) is 3.31. The molecule has 4 heteroatoms. The molecule has 1 aliphatic carbocycles. The molecule has 1 amide bonds. The third kappa shape index (κ3) is 2.47. The van der Waals surface area contributed by atoms with E-state index in [1.807, 2.05) is 19.9 Å². The summed E-state index contributed by atoms with van der Waals surface area (Å²) in [6.45, 7) is 3.62. The summed E-state index contributed by atoms with van der Waals surface area (Å²) in [7, 11) is 0. The molecule has 3 N–H and O–H groups in total. The Balaban J connectivity index is 2.22. The number of amides is 1. The standard InChI is InChI=1S/C13H19N3O/c1-13(2,12(14)17)16-10-7-3-5-9-6-4-8-15-11(9)10/h4,6,8,10,16H,3,5,7H2,1-2H3,(H2,14,17). The molecular weight excluding hydrogens is 214 g/mol. The van der Waals surface area contributed by atoms with Gasteiger partial charge < -0.3 is 5.73 Å². The van der Waals surface area contributed by atoms with Crippen LogP contribution >= 0.6 is 0 Å². The maximum atomic E-state index is 11.3. The van der Waals surface area contributed by atoms with Crippen molar-refractivity contribution in [2.45, 2.75) is 44.7 Å². The maximum absolute atomic E-state index is 11.3. The van der Waals surface area contributed by atoms with Gasteiger partial charge in [0.25, 0.3) is 0 Å². The minimum absolute atomic E-state index is 0.127. The lowest BCUT2D eigenvalue weighted by Crippen LogP contribution is -2.52. The van der Waals surface area contributed by atoms with Crippen molar-refractivity contribution >= 4 is 5.91 Å². The van der Waals surface area contributed by atoms with Crippen molar-refractivity contribution in [1.29, 1.82) is 0 Å². The summed E-state index contributed by atoms with van der Waals surface area (Å²) in [6.07, 6.45) is 4.99. The number of fused-ring (bicyclic) bond motifs is 1. The van der Waals surface area contributed by atoms with Crippen molar-refractivity contribution in [2.75, 3.05) is 0 Å². The van der Waals surface area contributed by atoms with E-state index in [-0.39, 0.29) is 11.9 Å². The molecule has 1 aliphatic rings. The summed E-state index contributed by atoms with van der Waals surface area (Å²) in [5.74, 6) is -0.333. The third-order valence-corrected chi connectivity index (χ3v) is 3.35. The number of primary amides is 1. The first kappa shape index (κ1) is 12.0. The fourth-order valence-corrected chi connectivity index (χ4v) is 2.26. The van der Waals surface area contributed by atoms with E-state index in [4.69, 9.17) is 5.73 Å². The Morgan fingerprint density at radius 2 is 2.35 bits per heavy atom. The number of carbonyl (C=O) groups excluding carboxylic acids is 1. The van der Waals surface area contributed by atoms with Gasteiger partial charge in [-0.1, -0.05) is 6.07 Å². The predicted molar refractivity (Wildman–Crippen MR) is 66.3 cm³/mol. The smallest absolute Gasteiger partial charge is 0.237 e. The second-order valence-corrected chi connectivity index (χ2v) is 5.13. The Morgan fingerprint density at radius 3 is 3.06 bits per heavy atom. The highest BCUT2D eigenvalue weighted by Gasteiger charge is 2.31. The normalized spacial score (nSPS) is 19.8. The summed E-state index contributed by atoms with van der Waals surface area (Å²) in [5.41, 5.74) is 7.03. The third-order valence-electron chi connectivity index (χ3n) is 3.35. The monoisotopic (exact) mass is 233 g/mol. The average Bonchev–Trinajstić information content (AvgIpc) is 2.29. The second kappa shape index (κ2) is 4.45. The molecule has 1 atom stereocenters. The van der Waals surface area contributed by atoms with Gasteiger partial charge in [-0.05, 0) is 44.7 Å². The molecule has 2 rings (SSSR count). The Bertz CT molecular complexity index is 428. The van der Waals surface area contributed by atoms with Gasteiger partial charge in [0.05, 0.1) is 17.3 Å². The highest BCUT2D eigenvalue weighted by molar-refractivity contribution is 5.83. The molecule has 17 heavy (non-hydrogen) atoms. The minimum atomic E-state index is -0.698. The number of rotatable bonds is 3. The van der Waals surface area contributed by atoms with Crippen LogP contribution < -0.4 is 11.1 Å². The minimum Gasteiger partial charge on any atom is -0.368 e. The van der Waals surface area contributed by atoms with Crippen LogP contribution in [0.15, 0.2) is 18.3 Å². The fourth-order valence-electron chi connectivity index (χ4n) is 2.26. The molecule has 0 saturated heterocycles. The number of pyridine rings is 1. The highest BCUT2D eigenvalue weighted by Crippen LogP contribution is 2.29. The first-order valence-electron chi connectivity index (χ1n) is 6.02. The van der Waals surface area contributed by atoms with Crippen LogP contribution in [0.3, 0.4) is 0 Å². The molecule has 0 spiro atoms. The summed E-state index contributed by atoms with van der Waals surface area (Å²) in [4.78, 5) is 15.8. The number of nitrogens with one attached hydrogen (secondary N) is 1. The Hall–Kier alpha value is -1.42. The van der Waals surface area contributed by atoms with E-state index in [1.165, 1.54) is 5.56 Å². The Morgan fingerprint density at radius 1 is 1.59 bits per heavy atom. The van der Waals surface area contributed by atoms with Gasteiger partial charge in [-0.2, -0.15) is 0 Å². The van der Waals surface area contributed by atoms with E-state index in [1.54, 1.807) is 6.20 Å². The largest absolute Gasteiger partial charge is 0.368 e. The molecule has 0 radical (unpaired) electrons. The van der Waals surface area contributed by atoms with Crippen molar-refractivity contribution in [3.05, 3.63) is 29.6 Å². The van der Waals surface area contributed by atoms with E-state index in [0.29, 0.717) is 0 Å². The number of aromatic nitrogens is 1. The van der Waals surface area contributed by atoms with Crippen LogP contribution in [0, 0.1) is 0 Å². The zero-order valence-electron chi connectivity index (χ0n) is 10.4. The number of carbonyl (C=O) groups is 1. The van der Waals surface area contributed by atoms with Gasteiger partial charge in [0, 0.05) is 6.20 Å². The first-order chi connectivity index (χ1) is 8.00. The topological polar surface area (TPSA) is 68.0 Å². The van der Waals surface area contributed by atoms with Crippen LogP contribution in [0.2, 0.25) is 0 Å². The molecule has 1 unspecified atom stereocenters. The zero-order valence-corrected chi connectivity index (χ0v) is 10.4. The maximum Gasteiger partial charge on any atom is 0.237 e. The number of hydrogen-bond acceptors (Lipinski definition) is 3. The van der Waals surface area contributed by atoms with E-state index < -0.39 is 5.54 Å². The molecule has 92 valence electrons. The zero-order chi connectivity index (χ0) is 12.5. The molecule has 0 saturated carbocycles. The second-order valence-electron chi connectivity index (χ2n) is 5.13. The Kier molecular flexibility index (Phi) is 3.15. The van der Waals surface area contributed by atoms with Crippen molar-refractivity contribution in [1.82, 2.24) is 10.3 Å². The van der Waals surface area contributed by atoms with Gasteiger partial charge in [0.2, 0.25) is 5.91 Å². The number of nitrogens with zero attached hydrogens (tertiary/aromatic N) is 1. The summed E-state index contributed by atoms with van der Waals surface area (Å²) >= 11 is 0. The van der Waals surface area contributed by atoms with Gasteiger partial charge in [-0.3, -0.25) is 15.1 Å². The quantitative estimate of drug-likeness (QED) is 0.827. The predicted octanol–water partition coefficient (Wildman–Crippen LogP) is 1.31. The van der Waals surface area contributed by atoms with Crippen LogP contribution in [0.25, 0.3) is 0 Å². The van der Waals surface area contributed by atoms with E-state index in [0.717, 1.165) is 25.0 Å². The number of nitrogens with two attached hydrogens (primary N) is 1. The molecular formula is C13H19N3O. The van der Waals surface area contributed by atoms with Gasteiger partial charge >= 0.3 is 0 Å². The fraction of sp³-hybridized carbons (Fsp3) is 0.538. The summed E-state index contributed by atoms with van der Waals surface area (Å²) < 4.78 is 0. The van der Waals surface area contributed by atoms with Crippen molar-refractivity contribution in [2.24, 2.45) is 5.73 Å². The molecule has 0 fully saturated rings. The number of aryl methyl sites for hydroxylation is 1. The van der Waals surface area contributed by atoms with Gasteiger partial charge in [0.15, 0.2) is 0 Å². The lowest BCUT2D eigenvalue weighted by molar-refractivity contribution is -0.123. The molecule has 0 aliphatic heterocycles. The molecule has 1 aromatic rings. The average molecular weight is 233 g/mol. The lowest BCUT2D eigenvalue weighted by atomic mass is 9.90. The van der Waals surface area contributed by atoms with E-state index >= 15 is 0 Å². The van der Waals surface area contributed by atoms with Crippen LogP contribution in [-0.2, 0) is 11.2 Å². The lowest BCUT2D eigenvalue weighted by Gasteiger charge is -2.32. The molecule has 0 bridgehead atoms. The first-order valence-corrected chi connectivity index (χ1v) is 6.02. The highest BCUT2D eigenvalue weighted by atomic mass is 16.1. The van der Waals surface area contributed by atoms with Crippen molar-refractivity contribution < 1.29 is 4.79 Å². The van der Waals surface area contributed by atoms with E-state index in [9.17, 15) is 4.79 Å². The van der Waals surface area contributed by atoms with Crippen LogP contribution in [0.1, 0.15) is 44.0 Å². The molecule has 1 heterocycles. The van der Waals surface area contributed by atoms with Crippen molar-refractivity contribution in [3.63, 3.8) is 0 Å². The van der Waals surface area contributed by atoms with Crippen LogP contribution in [0.4, 0.5) is 0 Å². The van der Waals surface area contributed by atoms with Crippen LogP contribution in [0.5, 0.6) is 0 Å². The van der Waals surface area contributed by atoms with Crippen LogP contribution in [-0.4, -0.2) is 16.4 Å². The SMILES string of the molecule is CC(C)(NC1CCCc2cccnc21)C(N)=O. The van der Waals surface area contributed by atoms with E-state index in [2.05, 4.69) is 16.4 Å². The van der Waals surface area contributed by atoms with Gasteiger partial charge in [-0.25, -0.2) is 0 Å². The van der Waals surface area contributed by atoms with Gasteiger partial charge in [-0.15, -0.1) is 0 Å². The summed E-state index contributed by atoms with van der Waals surface area (Å²) in [6, 6.07) is 4.19.